The number of ether oxygens (including phenoxy) is 8. The molecule has 0 atom stereocenters. The van der Waals surface area contributed by atoms with Gasteiger partial charge in [0.2, 0.25) is 0 Å². The van der Waals surface area contributed by atoms with Crippen molar-refractivity contribution in [3.05, 3.63) is 92.6 Å². The van der Waals surface area contributed by atoms with Crippen LogP contribution >= 0.6 is 0 Å². The Morgan fingerprint density at radius 3 is 0.917 bits per heavy atom. The second-order valence-corrected chi connectivity index (χ2v) is 23.4. The summed E-state index contributed by atoms with van der Waals surface area (Å²) in [6.07, 6.45) is 4.71. The van der Waals surface area contributed by atoms with Crippen LogP contribution in [0.1, 0.15) is 130 Å². The van der Waals surface area contributed by atoms with Gasteiger partial charge in [-0.2, -0.15) is 0 Å². The summed E-state index contributed by atoms with van der Waals surface area (Å²) in [5.74, 6) is 1.59. The highest BCUT2D eigenvalue weighted by atomic mass is 16.6. The van der Waals surface area contributed by atoms with Crippen LogP contribution in [0.4, 0.5) is 0 Å². The van der Waals surface area contributed by atoms with Gasteiger partial charge >= 0.3 is 0 Å². The third kappa shape index (κ3) is 12.0. The lowest BCUT2D eigenvalue weighted by Crippen LogP contribution is -2.42. The zero-order valence-electron chi connectivity index (χ0n) is 44.2. The van der Waals surface area contributed by atoms with Crippen LogP contribution in [0.25, 0.3) is 0 Å². The summed E-state index contributed by atoms with van der Waals surface area (Å²) < 4.78 is 46.5. The van der Waals surface area contributed by atoms with Crippen molar-refractivity contribution in [1.29, 1.82) is 0 Å². The first-order valence-electron chi connectivity index (χ1n) is 25.7. The zero-order chi connectivity index (χ0) is 51.6. The van der Waals surface area contributed by atoms with E-state index in [0.717, 1.165) is 59.6 Å². The van der Waals surface area contributed by atoms with Gasteiger partial charge in [0.1, 0.15) is 13.2 Å². The number of carbonyl (C=O) groups excluding carboxylic acids is 4. The van der Waals surface area contributed by atoms with Gasteiger partial charge in [-0.25, -0.2) is 0 Å². The minimum absolute atomic E-state index is 0.0811. The van der Waals surface area contributed by atoms with E-state index in [1.165, 1.54) is 0 Å². The summed E-state index contributed by atoms with van der Waals surface area (Å²) in [4.78, 5) is 55.0. The summed E-state index contributed by atoms with van der Waals surface area (Å²) in [6, 6.07) is 11.4. The number of allylic oxidation sites excluding steroid dienone is 8. The SMILES string of the molecule is COc1cc(C2C3=C(CC(C)(C)CC3=O)NC3=C2C(=O)CC(C)(C)C3)ccc1OCCOCCOCCOCCOCCOc1ccc(C2C3=C(CC(C)(C)CC3=O)NC3=C2C(=O)CC(C)(C)C3)cc1OC. The first kappa shape index (κ1) is 53.0. The number of carbonyl (C=O) groups is 4. The molecule has 0 amide bonds. The fourth-order valence-corrected chi connectivity index (χ4v) is 11.6. The van der Waals surface area contributed by atoms with Gasteiger partial charge in [0, 0.05) is 82.6 Å². The maximum Gasteiger partial charge on any atom is 0.162 e. The van der Waals surface area contributed by atoms with Crippen molar-refractivity contribution < 1.29 is 57.1 Å². The maximum absolute atomic E-state index is 13.7. The van der Waals surface area contributed by atoms with E-state index in [1.54, 1.807) is 14.2 Å². The van der Waals surface area contributed by atoms with Gasteiger partial charge in [0.25, 0.3) is 0 Å². The van der Waals surface area contributed by atoms with Crippen LogP contribution in [0.5, 0.6) is 23.0 Å². The molecule has 0 fully saturated rings. The molecular formula is C58H76N2O12. The Morgan fingerprint density at radius 2 is 0.653 bits per heavy atom. The van der Waals surface area contributed by atoms with Crippen LogP contribution in [0.2, 0.25) is 0 Å². The highest BCUT2D eigenvalue weighted by Gasteiger charge is 2.48. The van der Waals surface area contributed by atoms with Gasteiger partial charge in [0.05, 0.1) is 67.1 Å². The van der Waals surface area contributed by atoms with Crippen molar-refractivity contribution in [2.75, 3.05) is 80.3 Å². The topological polar surface area (TPSA) is 166 Å². The van der Waals surface area contributed by atoms with E-state index in [4.69, 9.17) is 37.9 Å². The molecule has 72 heavy (non-hydrogen) atoms. The zero-order valence-corrected chi connectivity index (χ0v) is 44.2. The molecule has 390 valence electrons. The van der Waals surface area contributed by atoms with Crippen LogP contribution in [-0.4, -0.2) is 103 Å². The molecule has 8 rings (SSSR count). The highest BCUT2D eigenvalue weighted by molar-refractivity contribution is 6.08. The number of rotatable bonds is 21. The average Bonchev–Trinajstić information content (AvgIpc) is 3.28. The number of nitrogens with one attached hydrogen (secondary N) is 2. The molecule has 4 aliphatic carbocycles. The summed E-state index contributed by atoms with van der Waals surface area (Å²) in [6.45, 7) is 20.6. The molecule has 2 heterocycles. The van der Waals surface area contributed by atoms with Crippen molar-refractivity contribution in [1.82, 2.24) is 10.6 Å². The lowest BCUT2D eigenvalue weighted by molar-refractivity contribution is -0.120. The Labute approximate surface area is 425 Å². The van der Waals surface area contributed by atoms with E-state index >= 15 is 0 Å². The van der Waals surface area contributed by atoms with E-state index in [-0.39, 0.29) is 44.8 Å². The smallest absolute Gasteiger partial charge is 0.162 e. The predicted molar refractivity (Wildman–Crippen MR) is 272 cm³/mol. The Bertz CT molecular complexity index is 2300. The van der Waals surface area contributed by atoms with Gasteiger partial charge in [-0.15, -0.1) is 0 Å². The third-order valence-electron chi connectivity index (χ3n) is 14.6. The van der Waals surface area contributed by atoms with Crippen molar-refractivity contribution in [2.24, 2.45) is 21.7 Å². The van der Waals surface area contributed by atoms with Crippen molar-refractivity contribution in [3.63, 3.8) is 0 Å². The second-order valence-electron chi connectivity index (χ2n) is 23.4. The van der Waals surface area contributed by atoms with Crippen LogP contribution in [0.15, 0.2) is 81.5 Å². The first-order chi connectivity index (χ1) is 34.2. The number of benzene rings is 2. The number of hydrogen-bond acceptors (Lipinski definition) is 14. The Morgan fingerprint density at radius 1 is 0.389 bits per heavy atom. The molecule has 14 nitrogen and oxygen atoms in total. The van der Waals surface area contributed by atoms with Crippen molar-refractivity contribution in [3.8, 4) is 23.0 Å². The quantitative estimate of drug-likeness (QED) is 0.114. The van der Waals surface area contributed by atoms with Gasteiger partial charge in [-0.1, -0.05) is 67.5 Å². The normalized spacial score (nSPS) is 21.4. The minimum Gasteiger partial charge on any atom is -0.493 e. The lowest BCUT2D eigenvalue weighted by Gasteiger charge is -2.44. The van der Waals surface area contributed by atoms with Gasteiger partial charge in [0.15, 0.2) is 46.1 Å². The maximum atomic E-state index is 13.7. The Kier molecular flexibility index (Phi) is 16.0. The number of dihydropyridines is 2. The van der Waals surface area contributed by atoms with E-state index in [1.807, 2.05) is 36.4 Å². The third-order valence-corrected chi connectivity index (χ3v) is 14.6. The van der Waals surface area contributed by atoms with Crippen molar-refractivity contribution >= 4 is 23.1 Å². The molecule has 14 heteroatoms. The molecule has 2 aliphatic heterocycles. The molecule has 6 aliphatic rings. The molecule has 0 unspecified atom stereocenters. The molecule has 0 aromatic heterocycles. The predicted octanol–water partition coefficient (Wildman–Crippen LogP) is 9.17. The summed E-state index contributed by atoms with van der Waals surface area (Å²) in [5, 5.41) is 7.15. The number of hydrogen-bond donors (Lipinski definition) is 2. The monoisotopic (exact) mass is 993 g/mol. The van der Waals surface area contributed by atoms with Crippen LogP contribution in [-0.2, 0) is 38.1 Å². The Balaban J connectivity index is 0.721. The Hall–Kier alpha value is -5.28. The summed E-state index contributed by atoms with van der Waals surface area (Å²) in [7, 11) is 3.18. The average molecular weight is 993 g/mol. The van der Waals surface area contributed by atoms with E-state index in [0.29, 0.717) is 137 Å². The van der Waals surface area contributed by atoms with Gasteiger partial charge in [-0.05, 0) is 82.7 Å². The molecule has 0 saturated heterocycles. The van der Waals surface area contributed by atoms with Gasteiger partial charge < -0.3 is 48.5 Å². The van der Waals surface area contributed by atoms with E-state index in [9.17, 15) is 19.2 Å². The first-order valence-corrected chi connectivity index (χ1v) is 25.7. The number of Topliss-reactive ketones (excluding diaryl/α,β-unsaturated/α-hetero) is 4. The summed E-state index contributed by atoms with van der Waals surface area (Å²) >= 11 is 0. The van der Waals surface area contributed by atoms with Gasteiger partial charge in [-0.3, -0.25) is 19.2 Å². The summed E-state index contributed by atoms with van der Waals surface area (Å²) in [5.41, 5.74) is 7.53. The highest BCUT2D eigenvalue weighted by Crippen LogP contribution is 2.54. The second kappa shape index (κ2) is 21.7. The van der Waals surface area contributed by atoms with Crippen LogP contribution in [0, 0.1) is 21.7 Å². The molecule has 0 radical (unpaired) electrons. The van der Waals surface area contributed by atoms with Crippen LogP contribution < -0.4 is 29.6 Å². The fraction of sp³-hybridized carbons (Fsp3) is 0.586. The van der Waals surface area contributed by atoms with Crippen molar-refractivity contribution in [2.45, 2.75) is 119 Å². The van der Waals surface area contributed by atoms with E-state index < -0.39 is 11.8 Å². The molecular weight excluding hydrogens is 917 g/mol. The lowest BCUT2D eigenvalue weighted by atomic mass is 9.64. The molecule has 2 aromatic carbocycles. The number of ketones is 4. The largest absolute Gasteiger partial charge is 0.493 e. The molecule has 2 aromatic rings. The molecule has 0 bridgehead atoms. The standard InChI is InChI=1S/C58H76N2O12/c1-55(2)27-37-51(41(61)31-55)49(52-38(59-37)28-56(3,4)32-42(52)62)35-11-13-45(47(25-35)65-9)71-23-21-69-19-17-67-15-16-68-18-20-70-22-24-72-46-14-12-36(26-48(46)66-10)50-53-39(29-57(5,6)33-43(53)63)60-40-30-58(7,8)34-44(64)54(40)50/h11-14,25-26,49-50,59-60H,15-24,27-34H2,1-10H3. The molecule has 0 saturated carbocycles. The molecule has 0 spiro atoms. The van der Waals surface area contributed by atoms with Crippen LogP contribution in [0.3, 0.4) is 0 Å². The fourth-order valence-electron chi connectivity index (χ4n) is 11.6. The minimum atomic E-state index is -0.452. The van der Waals surface area contributed by atoms with E-state index in [2.05, 4.69) is 66.0 Å². The number of methoxy groups -OCH3 is 2. The molecule has 2 N–H and O–H groups in total.